The number of halogens is 3. The summed E-state index contributed by atoms with van der Waals surface area (Å²) in [6, 6.07) is 19.0. The molecule has 0 saturated heterocycles. The van der Waals surface area contributed by atoms with Crippen molar-refractivity contribution in [3.63, 3.8) is 0 Å². The fourth-order valence-electron chi connectivity index (χ4n) is 3.71. The van der Waals surface area contributed by atoms with Gasteiger partial charge < -0.3 is 9.84 Å². The summed E-state index contributed by atoms with van der Waals surface area (Å²) in [5, 5.41) is 15.2. The van der Waals surface area contributed by atoms with Crippen molar-refractivity contribution in [3.8, 4) is 0 Å². The first kappa shape index (κ1) is 35.1. The number of rotatable bonds is 7. The van der Waals surface area contributed by atoms with E-state index in [2.05, 4.69) is 41.8 Å². The molecule has 0 unspecified atom stereocenters. The van der Waals surface area contributed by atoms with Crippen LogP contribution in [0.3, 0.4) is 0 Å². The molecule has 232 valence electrons. The quantitative estimate of drug-likeness (QED) is 0.0739. The number of aromatic nitrogens is 2. The predicted molar refractivity (Wildman–Crippen MR) is 194 cm³/mol. The van der Waals surface area contributed by atoms with Gasteiger partial charge >= 0.3 is 5.97 Å². The van der Waals surface area contributed by atoms with Crippen LogP contribution in [0.1, 0.15) is 39.8 Å². The van der Waals surface area contributed by atoms with Gasteiger partial charge in [-0.15, -0.1) is 45.3 Å². The fraction of sp³-hybridized carbons (Fsp3) is 0.129. The Hall–Kier alpha value is -2.78. The van der Waals surface area contributed by atoms with E-state index in [1.807, 2.05) is 53.9 Å². The molecule has 1 N–H and O–H groups in total. The molecule has 0 fully saturated rings. The fourth-order valence-corrected chi connectivity index (χ4v) is 8.58. The van der Waals surface area contributed by atoms with Gasteiger partial charge in [0.25, 0.3) is 5.24 Å². The minimum Gasteiger partial charge on any atom is -0.506 e. The van der Waals surface area contributed by atoms with E-state index in [1.165, 1.54) is 34.0 Å². The molecule has 0 saturated carbocycles. The van der Waals surface area contributed by atoms with E-state index in [9.17, 15) is 19.5 Å². The summed E-state index contributed by atoms with van der Waals surface area (Å²) in [4.78, 5) is 42.5. The van der Waals surface area contributed by atoms with Crippen molar-refractivity contribution in [3.05, 3.63) is 100 Å². The van der Waals surface area contributed by atoms with Crippen LogP contribution < -0.4 is 0 Å². The number of ketones is 1. The molecule has 4 aromatic heterocycles. The van der Waals surface area contributed by atoms with Gasteiger partial charge in [-0.2, -0.15) is 0 Å². The van der Waals surface area contributed by atoms with Gasteiger partial charge in [0.1, 0.15) is 27.1 Å². The van der Waals surface area contributed by atoms with E-state index in [-0.39, 0.29) is 23.7 Å². The number of hydrogen-bond donors (Lipinski definition) is 1. The van der Waals surface area contributed by atoms with Gasteiger partial charge in [0, 0.05) is 5.56 Å². The summed E-state index contributed by atoms with van der Waals surface area (Å²) in [5.41, 5.74) is 2.96. The van der Waals surface area contributed by atoms with Gasteiger partial charge in [-0.25, -0.2) is 14.8 Å². The number of benzene rings is 2. The molecule has 0 bridgehead atoms. The number of carbonyl (C=O) groups excluding carboxylic acids is 3. The second-order valence-electron chi connectivity index (χ2n) is 8.87. The maximum Gasteiger partial charge on any atom is 0.345 e. The summed E-state index contributed by atoms with van der Waals surface area (Å²) >= 11 is 17.6. The summed E-state index contributed by atoms with van der Waals surface area (Å²) < 4.78 is 8.75. The number of thiazole rings is 2. The second kappa shape index (κ2) is 16.7. The van der Waals surface area contributed by atoms with Gasteiger partial charge in [0.15, 0.2) is 0 Å². The maximum atomic E-state index is 12.4. The summed E-state index contributed by atoms with van der Waals surface area (Å²) in [6.45, 7) is 3.54. The van der Waals surface area contributed by atoms with Crippen molar-refractivity contribution >= 4 is 138 Å². The minimum atomic E-state index is -0.581. The molecule has 4 heterocycles. The highest BCUT2D eigenvalue weighted by atomic mass is 79.9. The highest BCUT2D eigenvalue weighted by Gasteiger charge is 2.25. The second-order valence-corrected chi connectivity index (χ2v) is 15.8. The van der Waals surface area contributed by atoms with Crippen LogP contribution in [0.15, 0.2) is 79.0 Å². The molecular weight excluding hydrogens is 804 g/mol. The Labute approximate surface area is 296 Å². The van der Waals surface area contributed by atoms with E-state index in [0.29, 0.717) is 22.6 Å². The lowest BCUT2D eigenvalue weighted by Gasteiger charge is -2.07. The molecule has 0 spiro atoms. The van der Waals surface area contributed by atoms with Crippen LogP contribution in [-0.4, -0.2) is 38.7 Å². The van der Waals surface area contributed by atoms with Crippen LogP contribution in [0.2, 0.25) is 0 Å². The normalized spacial score (nSPS) is 11.2. The standard InChI is InChI=1S/C16H12BrNO3S2.C10H9NOS.C5H2BrClOS/c1-2-21-16(20)12(13(19)9-7-8-22-14(9)17)15-18-10-5-3-4-6-11(10)23-15;1-7(12)6-10-11-8-4-2-3-5-9(8)13-10;6-4-3(5(7)8)1-2-9-4/h3-8,19H,2H2,1H3;2-5H,6H2,1H3;1-2H. The van der Waals surface area contributed by atoms with Crippen molar-refractivity contribution in [2.75, 3.05) is 6.61 Å². The lowest BCUT2D eigenvalue weighted by atomic mass is 10.1. The zero-order valence-corrected chi connectivity index (χ0v) is 30.8. The van der Waals surface area contributed by atoms with Gasteiger partial charge in [0.2, 0.25) is 0 Å². The number of Topliss-reactive ketones (excluding diaryl/α,β-unsaturated/α-hetero) is 1. The van der Waals surface area contributed by atoms with Gasteiger partial charge in [-0.05, 0) is 104 Å². The van der Waals surface area contributed by atoms with Crippen LogP contribution in [0.4, 0.5) is 0 Å². The molecule has 0 atom stereocenters. The average Bonchev–Trinajstić information content (AvgIpc) is 3.79. The van der Waals surface area contributed by atoms with E-state index in [1.54, 1.807) is 42.7 Å². The van der Waals surface area contributed by atoms with Gasteiger partial charge in [-0.1, -0.05) is 24.3 Å². The smallest absolute Gasteiger partial charge is 0.345 e. The van der Waals surface area contributed by atoms with E-state index in [4.69, 9.17) is 16.3 Å². The van der Waals surface area contributed by atoms with Gasteiger partial charge in [-0.3, -0.25) is 9.59 Å². The molecule has 0 aliphatic heterocycles. The molecule has 6 aromatic rings. The Kier molecular flexibility index (Phi) is 13.0. The molecule has 0 aliphatic carbocycles. The van der Waals surface area contributed by atoms with E-state index >= 15 is 0 Å². The predicted octanol–water partition coefficient (Wildman–Crippen LogP) is 10.4. The molecular formula is C31H23Br2ClN2O5S4. The Bertz CT molecular complexity index is 1930. The number of nitrogens with zero attached hydrogens (tertiary/aromatic N) is 2. The summed E-state index contributed by atoms with van der Waals surface area (Å²) in [6.07, 6.45) is 0.458. The molecule has 45 heavy (non-hydrogen) atoms. The summed E-state index contributed by atoms with van der Waals surface area (Å²) in [5.74, 6) is -0.545. The third-order valence-electron chi connectivity index (χ3n) is 5.67. The molecule has 7 nitrogen and oxygen atoms in total. The highest BCUT2D eigenvalue weighted by Crippen LogP contribution is 2.36. The number of thiophene rings is 2. The number of ether oxygens (including phenoxy) is 1. The molecule has 14 heteroatoms. The van der Waals surface area contributed by atoms with Crippen molar-refractivity contribution in [2.24, 2.45) is 0 Å². The third-order valence-corrected chi connectivity index (χ3v) is 11.3. The van der Waals surface area contributed by atoms with Crippen molar-refractivity contribution in [1.29, 1.82) is 0 Å². The van der Waals surface area contributed by atoms with Crippen molar-refractivity contribution < 1.29 is 24.2 Å². The Balaban J connectivity index is 0.000000175. The Morgan fingerprint density at radius 1 is 0.844 bits per heavy atom. The van der Waals surface area contributed by atoms with Crippen molar-refractivity contribution in [2.45, 2.75) is 20.3 Å². The SMILES string of the molecule is CC(=O)Cc1nc2ccccc2s1.CCOC(=O)C(=C(O)c1ccsc1Br)c1nc2ccccc2s1.O=C(Cl)c1ccsc1Br. The highest BCUT2D eigenvalue weighted by molar-refractivity contribution is 9.11. The van der Waals surface area contributed by atoms with E-state index in [0.717, 1.165) is 33.0 Å². The number of hydrogen-bond acceptors (Lipinski definition) is 11. The first-order chi connectivity index (χ1) is 21.6. The Morgan fingerprint density at radius 3 is 1.87 bits per heavy atom. The molecule has 2 aromatic carbocycles. The average molecular weight is 827 g/mol. The van der Waals surface area contributed by atoms with Crippen LogP contribution >= 0.6 is 88.8 Å². The van der Waals surface area contributed by atoms with Crippen LogP contribution in [0.25, 0.3) is 31.8 Å². The third kappa shape index (κ3) is 9.38. The first-order valence-corrected chi connectivity index (χ1v) is 18.4. The number of fused-ring (bicyclic) bond motifs is 2. The zero-order chi connectivity index (χ0) is 32.5. The summed E-state index contributed by atoms with van der Waals surface area (Å²) in [7, 11) is 0. The minimum absolute atomic E-state index is 0.0900. The van der Waals surface area contributed by atoms with Gasteiger partial charge in [0.05, 0.1) is 46.6 Å². The molecule has 0 amide bonds. The van der Waals surface area contributed by atoms with Crippen molar-refractivity contribution in [1.82, 2.24) is 9.97 Å². The lowest BCUT2D eigenvalue weighted by Crippen LogP contribution is -2.09. The number of para-hydroxylation sites is 2. The number of carbonyl (C=O) groups is 3. The van der Waals surface area contributed by atoms with Crippen LogP contribution in [0.5, 0.6) is 0 Å². The first-order valence-electron chi connectivity index (χ1n) is 13.0. The lowest BCUT2D eigenvalue weighted by molar-refractivity contribution is -0.136. The topological polar surface area (TPSA) is 106 Å². The molecule has 0 aliphatic rings. The van der Waals surface area contributed by atoms with E-state index < -0.39 is 11.2 Å². The number of esters is 1. The molecule has 0 radical (unpaired) electrons. The Morgan fingerprint density at radius 2 is 1.40 bits per heavy atom. The maximum absolute atomic E-state index is 12.4. The monoisotopic (exact) mass is 824 g/mol. The largest absolute Gasteiger partial charge is 0.506 e. The van der Waals surface area contributed by atoms with Crippen LogP contribution in [-0.2, 0) is 20.7 Å². The molecule has 6 rings (SSSR count). The van der Waals surface area contributed by atoms with Crippen LogP contribution in [0, 0.1) is 0 Å². The zero-order valence-electron chi connectivity index (χ0n) is 23.6. The number of aliphatic hydroxyl groups excluding tert-OH is 1. The number of aliphatic hydroxyl groups is 1.